The highest BCUT2D eigenvalue weighted by molar-refractivity contribution is 5.94. The maximum Gasteiger partial charge on any atom is 0.155 e. The number of nitrogens with two attached hydrogens (primary N) is 1. The molecule has 0 amide bonds. The van der Waals surface area contributed by atoms with E-state index in [1.54, 1.807) is 0 Å². The van der Waals surface area contributed by atoms with Gasteiger partial charge < -0.3 is 5.73 Å². The van der Waals surface area contributed by atoms with E-state index in [-0.39, 0.29) is 5.06 Å². The van der Waals surface area contributed by atoms with Gasteiger partial charge in [-0.3, -0.25) is 10.6 Å². The smallest absolute Gasteiger partial charge is 0.155 e. The van der Waals surface area contributed by atoms with Gasteiger partial charge in [-0.2, -0.15) is 0 Å². The normalized spacial score (nSPS) is 17.9. The monoisotopic (exact) mass is 175 g/mol. The highest BCUT2D eigenvalue weighted by atomic mass is 19.1. The molecule has 0 bridgehead atoms. The molecule has 0 atom stereocenters. The van der Waals surface area contributed by atoms with E-state index in [9.17, 15) is 8.78 Å². The molecular weight excluding hydrogens is 168 g/mol. The van der Waals surface area contributed by atoms with Crippen LogP contribution in [0.2, 0.25) is 0 Å². The van der Waals surface area contributed by atoms with E-state index in [0.29, 0.717) is 6.08 Å². The standard InChI is InChI=1S/C6H7F2N3O/c7-3-1-4(8)5(6(9)10)11(12)2-3/h1,12H,2H2,(H3,9,10). The Hall–Kier alpha value is -1.43. The van der Waals surface area contributed by atoms with E-state index < -0.39 is 29.7 Å². The number of hydroxylamine groups is 2. The molecular formula is C6H7F2N3O. The van der Waals surface area contributed by atoms with E-state index in [1.807, 2.05) is 0 Å². The summed E-state index contributed by atoms with van der Waals surface area (Å²) < 4.78 is 25.1. The van der Waals surface area contributed by atoms with Gasteiger partial charge >= 0.3 is 0 Å². The molecule has 0 fully saturated rings. The first-order valence-electron chi connectivity index (χ1n) is 3.09. The number of allylic oxidation sites excluding steroid dienone is 2. The summed E-state index contributed by atoms with van der Waals surface area (Å²) in [5, 5.41) is 16.0. The van der Waals surface area contributed by atoms with E-state index >= 15 is 0 Å². The number of rotatable bonds is 1. The van der Waals surface area contributed by atoms with Gasteiger partial charge in [-0.05, 0) is 0 Å². The van der Waals surface area contributed by atoms with Crippen molar-refractivity contribution >= 4 is 5.84 Å². The van der Waals surface area contributed by atoms with Gasteiger partial charge in [0.2, 0.25) is 0 Å². The molecule has 0 aliphatic carbocycles. The molecule has 0 saturated carbocycles. The van der Waals surface area contributed by atoms with E-state index in [2.05, 4.69) is 0 Å². The van der Waals surface area contributed by atoms with Crippen molar-refractivity contribution < 1.29 is 14.0 Å². The molecule has 0 aromatic heterocycles. The number of hydrogen-bond donors (Lipinski definition) is 3. The second-order valence-electron chi connectivity index (χ2n) is 2.26. The average Bonchev–Trinajstić information content (AvgIpc) is 1.82. The van der Waals surface area contributed by atoms with Gasteiger partial charge in [0, 0.05) is 6.08 Å². The predicted molar refractivity (Wildman–Crippen MR) is 37.7 cm³/mol. The van der Waals surface area contributed by atoms with Crippen LogP contribution in [0.15, 0.2) is 23.4 Å². The Bertz CT molecular complexity index is 285. The third kappa shape index (κ3) is 1.42. The predicted octanol–water partition coefficient (Wildman–Crippen LogP) is 0.662. The Balaban J connectivity index is 3.08. The number of hydrogen-bond acceptors (Lipinski definition) is 3. The lowest BCUT2D eigenvalue weighted by Gasteiger charge is -2.21. The lowest BCUT2D eigenvalue weighted by Crippen LogP contribution is -2.32. The van der Waals surface area contributed by atoms with Crippen LogP contribution in [0, 0.1) is 5.41 Å². The number of halogens is 2. The molecule has 1 rings (SSSR count). The molecule has 1 aliphatic heterocycles. The molecule has 4 N–H and O–H groups in total. The summed E-state index contributed by atoms with van der Waals surface area (Å²) in [6.07, 6.45) is 0.587. The van der Waals surface area contributed by atoms with Crippen LogP contribution in [-0.2, 0) is 0 Å². The number of amidine groups is 1. The second kappa shape index (κ2) is 2.90. The van der Waals surface area contributed by atoms with Gasteiger partial charge in [0.05, 0.1) is 6.54 Å². The summed E-state index contributed by atoms with van der Waals surface area (Å²) in [5.41, 5.74) is 4.42. The Morgan fingerprint density at radius 3 is 2.67 bits per heavy atom. The van der Waals surface area contributed by atoms with Gasteiger partial charge in [0.25, 0.3) is 0 Å². The fourth-order valence-corrected chi connectivity index (χ4v) is 0.865. The summed E-state index contributed by atoms with van der Waals surface area (Å²) >= 11 is 0. The molecule has 0 aromatic carbocycles. The van der Waals surface area contributed by atoms with Crippen molar-refractivity contribution in [2.24, 2.45) is 5.73 Å². The molecule has 0 radical (unpaired) electrons. The highest BCUT2D eigenvalue weighted by Crippen LogP contribution is 2.20. The summed E-state index contributed by atoms with van der Waals surface area (Å²) in [5.74, 6) is -2.51. The van der Waals surface area contributed by atoms with Gasteiger partial charge in [-0.25, -0.2) is 13.8 Å². The van der Waals surface area contributed by atoms with Crippen LogP contribution in [0.4, 0.5) is 8.78 Å². The minimum Gasteiger partial charge on any atom is -0.382 e. The summed E-state index contributed by atoms with van der Waals surface area (Å²) in [6.45, 7) is -0.484. The zero-order chi connectivity index (χ0) is 9.30. The van der Waals surface area contributed by atoms with Crippen LogP contribution in [0.5, 0.6) is 0 Å². The second-order valence-corrected chi connectivity index (χ2v) is 2.26. The Morgan fingerprint density at radius 1 is 1.67 bits per heavy atom. The summed E-state index contributed by atoms with van der Waals surface area (Å²) in [4.78, 5) is 0. The lowest BCUT2D eigenvalue weighted by molar-refractivity contribution is -0.0478. The van der Waals surface area contributed by atoms with Crippen molar-refractivity contribution in [3.63, 3.8) is 0 Å². The van der Waals surface area contributed by atoms with Crippen LogP contribution >= 0.6 is 0 Å². The number of nitrogens with one attached hydrogen (secondary N) is 1. The van der Waals surface area contributed by atoms with Gasteiger partial charge in [-0.15, -0.1) is 0 Å². The summed E-state index contributed by atoms with van der Waals surface area (Å²) in [6, 6.07) is 0. The highest BCUT2D eigenvalue weighted by Gasteiger charge is 2.21. The maximum atomic E-state index is 12.7. The zero-order valence-corrected chi connectivity index (χ0v) is 6.01. The average molecular weight is 175 g/mol. The molecule has 1 heterocycles. The number of nitrogens with zero attached hydrogens (tertiary/aromatic N) is 1. The van der Waals surface area contributed by atoms with Crippen molar-refractivity contribution in [1.82, 2.24) is 5.06 Å². The Labute approximate surface area is 67.0 Å². The first-order valence-corrected chi connectivity index (χ1v) is 3.09. The first-order chi connectivity index (χ1) is 5.52. The molecule has 66 valence electrons. The van der Waals surface area contributed by atoms with Crippen LogP contribution in [-0.4, -0.2) is 22.7 Å². The van der Waals surface area contributed by atoms with E-state index in [1.165, 1.54) is 0 Å². The quantitative estimate of drug-likeness (QED) is 0.405. The van der Waals surface area contributed by atoms with Crippen LogP contribution in [0.1, 0.15) is 0 Å². The van der Waals surface area contributed by atoms with Crippen molar-refractivity contribution in [3.8, 4) is 0 Å². The van der Waals surface area contributed by atoms with Crippen molar-refractivity contribution in [3.05, 3.63) is 23.4 Å². The third-order valence-electron chi connectivity index (χ3n) is 1.32. The lowest BCUT2D eigenvalue weighted by atomic mass is 10.2. The topological polar surface area (TPSA) is 73.3 Å². The minimum absolute atomic E-state index is 0.257. The molecule has 0 aromatic rings. The Morgan fingerprint density at radius 2 is 2.25 bits per heavy atom. The summed E-state index contributed by atoms with van der Waals surface area (Å²) in [7, 11) is 0. The fraction of sp³-hybridized carbons (Fsp3) is 0.167. The van der Waals surface area contributed by atoms with Crippen LogP contribution in [0.25, 0.3) is 0 Å². The first kappa shape index (κ1) is 8.66. The minimum atomic E-state index is -1.05. The molecule has 12 heavy (non-hydrogen) atoms. The molecule has 0 saturated heterocycles. The SMILES string of the molecule is N=C(N)C1=C(F)C=C(F)CN1O. The third-order valence-corrected chi connectivity index (χ3v) is 1.32. The molecule has 1 aliphatic rings. The van der Waals surface area contributed by atoms with Crippen molar-refractivity contribution in [2.75, 3.05) is 6.54 Å². The van der Waals surface area contributed by atoms with Crippen LogP contribution < -0.4 is 5.73 Å². The molecule has 4 nitrogen and oxygen atoms in total. The largest absolute Gasteiger partial charge is 0.382 e. The molecule has 6 heteroatoms. The zero-order valence-electron chi connectivity index (χ0n) is 6.01. The van der Waals surface area contributed by atoms with Gasteiger partial charge in [0.1, 0.15) is 17.4 Å². The Kier molecular flexibility index (Phi) is 2.09. The van der Waals surface area contributed by atoms with E-state index in [0.717, 1.165) is 0 Å². The maximum absolute atomic E-state index is 12.7. The van der Waals surface area contributed by atoms with E-state index in [4.69, 9.17) is 16.4 Å². The van der Waals surface area contributed by atoms with Crippen molar-refractivity contribution in [1.29, 1.82) is 5.41 Å². The molecule has 0 unspecified atom stereocenters. The van der Waals surface area contributed by atoms with Crippen molar-refractivity contribution in [2.45, 2.75) is 0 Å². The van der Waals surface area contributed by atoms with Crippen LogP contribution in [0.3, 0.4) is 0 Å². The fourth-order valence-electron chi connectivity index (χ4n) is 0.865. The van der Waals surface area contributed by atoms with Gasteiger partial charge in [-0.1, -0.05) is 0 Å². The van der Waals surface area contributed by atoms with Gasteiger partial charge in [0.15, 0.2) is 5.83 Å². The molecule has 0 spiro atoms.